The standard InChI is InChI=1S/C14H23N3O2S/c1-10(2)17-14(4,12(18)19-5)6-7-20-13-15-8-11(3)9-16-13/h8-10,17H,6-7H2,1-5H3. The third-order valence-electron chi connectivity index (χ3n) is 2.83. The van der Waals surface area contributed by atoms with E-state index in [4.69, 9.17) is 4.74 Å². The predicted molar refractivity (Wildman–Crippen MR) is 80.8 cm³/mol. The topological polar surface area (TPSA) is 64.1 Å². The molecule has 1 rings (SSSR count). The number of nitrogens with one attached hydrogen (secondary N) is 1. The van der Waals surface area contributed by atoms with Crippen LogP contribution in [0, 0.1) is 6.92 Å². The van der Waals surface area contributed by atoms with Crippen LogP contribution in [-0.2, 0) is 9.53 Å². The van der Waals surface area contributed by atoms with Gasteiger partial charge >= 0.3 is 5.97 Å². The van der Waals surface area contributed by atoms with Gasteiger partial charge in [0, 0.05) is 24.2 Å². The van der Waals surface area contributed by atoms with Crippen LogP contribution in [0.15, 0.2) is 17.6 Å². The van der Waals surface area contributed by atoms with Crippen LogP contribution in [0.25, 0.3) is 0 Å². The normalized spacial score (nSPS) is 14.1. The summed E-state index contributed by atoms with van der Waals surface area (Å²) in [5.41, 5.74) is 0.357. The summed E-state index contributed by atoms with van der Waals surface area (Å²) >= 11 is 1.54. The van der Waals surface area contributed by atoms with Crippen LogP contribution in [0.2, 0.25) is 0 Å². The van der Waals surface area contributed by atoms with Crippen molar-refractivity contribution in [2.24, 2.45) is 0 Å². The van der Waals surface area contributed by atoms with Gasteiger partial charge in [-0.15, -0.1) is 0 Å². The Bertz CT molecular complexity index is 437. The number of hydrogen-bond donors (Lipinski definition) is 1. The minimum atomic E-state index is -0.680. The fourth-order valence-corrected chi connectivity index (χ4v) is 2.84. The van der Waals surface area contributed by atoms with E-state index in [0.717, 1.165) is 16.5 Å². The number of aryl methyl sites for hydroxylation is 1. The zero-order chi connectivity index (χ0) is 15.2. The molecule has 20 heavy (non-hydrogen) atoms. The third kappa shape index (κ3) is 5.09. The number of nitrogens with zero attached hydrogens (tertiary/aromatic N) is 2. The largest absolute Gasteiger partial charge is 0.468 e. The zero-order valence-electron chi connectivity index (χ0n) is 12.8. The fourth-order valence-electron chi connectivity index (χ4n) is 1.90. The lowest BCUT2D eigenvalue weighted by Crippen LogP contribution is -2.53. The number of methoxy groups -OCH3 is 1. The molecular weight excluding hydrogens is 274 g/mol. The molecule has 0 aliphatic heterocycles. The molecule has 1 aromatic heterocycles. The number of ether oxygens (including phenoxy) is 1. The van der Waals surface area contributed by atoms with Gasteiger partial charge in [-0.1, -0.05) is 11.8 Å². The minimum absolute atomic E-state index is 0.208. The van der Waals surface area contributed by atoms with Gasteiger partial charge in [0.25, 0.3) is 0 Å². The van der Waals surface area contributed by atoms with Crippen molar-refractivity contribution in [3.05, 3.63) is 18.0 Å². The molecule has 0 spiro atoms. The van der Waals surface area contributed by atoms with Crippen LogP contribution in [0.4, 0.5) is 0 Å². The highest BCUT2D eigenvalue weighted by molar-refractivity contribution is 7.99. The summed E-state index contributed by atoms with van der Waals surface area (Å²) in [6.07, 6.45) is 4.24. The van der Waals surface area contributed by atoms with Crippen LogP contribution < -0.4 is 5.32 Å². The molecule has 1 N–H and O–H groups in total. The third-order valence-corrected chi connectivity index (χ3v) is 3.71. The molecule has 5 nitrogen and oxygen atoms in total. The second-order valence-electron chi connectivity index (χ2n) is 5.26. The Hall–Kier alpha value is -1.14. The molecule has 0 amide bonds. The zero-order valence-corrected chi connectivity index (χ0v) is 13.6. The van der Waals surface area contributed by atoms with Gasteiger partial charge in [0.15, 0.2) is 5.16 Å². The maximum atomic E-state index is 11.9. The van der Waals surface area contributed by atoms with Crippen molar-refractivity contribution < 1.29 is 9.53 Å². The van der Waals surface area contributed by atoms with E-state index < -0.39 is 5.54 Å². The molecule has 1 aromatic rings. The highest BCUT2D eigenvalue weighted by atomic mass is 32.2. The van der Waals surface area contributed by atoms with Crippen molar-refractivity contribution in [1.82, 2.24) is 15.3 Å². The molecule has 0 fully saturated rings. The van der Waals surface area contributed by atoms with E-state index in [-0.39, 0.29) is 12.0 Å². The lowest BCUT2D eigenvalue weighted by Gasteiger charge is -2.30. The maximum Gasteiger partial charge on any atom is 0.325 e. The van der Waals surface area contributed by atoms with Crippen molar-refractivity contribution in [2.75, 3.05) is 12.9 Å². The van der Waals surface area contributed by atoms with Crippen LogP contribution in [0.1, 0.15) is 32.8 Å². The summed E-state index contributed by atoms with van der Waals surface area (Å²) in [6, 6.07) is 0.208. The maximum absolute atomic E-state index is 11.9. The van der Waals surface area contributed by atoms with Crippen LogP contribution >= 0.6 is 11.8 Å². The van der Waals surface area contributed by atoms with E-state index in [1.165, 1.54) is 7.11 Å². The van der Waals surface area contributed by atoms with E-state index in [2.05, 4.69) is 15.3 Å². The number of carbonyl (C=O) groups is 1. The molecule has 1 unspecified atom stereocenters. The highest BCUT2D eigenvalue weighted by Crippen LogP contribution is 2.20. The number of rotatable bonds is 7. The summed E-state index contributed by atoms with van der Waals surface area (Å²) < 4.78 is 4.89. The summed E-state index contributed by atoms with van der Waals surface area (Å²) in [5, 5.41) is 4.00. The van der Waals surface area contributed by atoms with Crippen LogP contribution in [0.5, 0.6) is 0 Å². The molecule has 0 bridgehead atoms. The van der Waals surface area contributed by atoms with Crippen molar-refractivity contribution in [3.8, 4) is 0 Å². The lowest BCUT2D eigenvalue weighted by molar-refractivity contribution is -0.148. The van der Waals surface area contributed by atoms with Crippen molar-refractivity contribution in [2.45, 2.75) is 50.9 Å². The molecule has 0 aliphatic carbocycles. The smallest absolute Gasteiger partial charge is 0.325 e. The van der Waals surface area contributed by atoms with Gasteiger partial charge in [0.2, 0.25) is 0 Å². The Morgan fingerprint density at radius 1 is 1.45 bits per heavy atom. The van der Waals surface area contributed by atoms with E-state index >= 15 is 0 Å². The second kappa shape index (κ2) is 7.59. The second-order valence-corrected chi connectivity index (χ2v) is 6.33. The first-order valence-corrected chi connectivity index (χ1v) is 7.63. The quantitative estimate of drug-likeness (QED) is 0.473. The van der Waals surface area contributed by atoms with Crippen LogP contribution in [-0.4, -0.2) is 40.4 Å². The lowest BCUT2D eigenvalue weighted by atomic mass is 9.98. The number of esters is 1. The highest BCUT2D eigenvalue weighted by Gasteiger charge is 2.34. The number of aromatic nitrogens is 2. The van der Waals surface area contributed by atoms with Crippen LogP contribution in [0.3, 0.4) is 0 Å². The first-order valence-electron chi connectivity index (χ1n) is 6.65. The molecule has 0 saturated heterocycles. The average molecular weight is 297 g/mol. The van der Waals surface area contributed by atoms with Gasteiger partial charge in [-0.05, 0) is 39.7 Å². The van der Waals surface area contributed by atoms with Crippen molar-refractivity contribution >= 4 is 17.7 Å². The van der Waals surface area contributed by atoms with E-state index in [1.807, 2.05) is 27.7 Å². The molecule has 6 heteroatoms. The van der Waals surface area contributed by atoms with Crippen molar-refractivity contribution in [1.29, 1.82) is 0 Å². The summed E-state index contributed by atoms with van der Waals surface area (Å²) in [7, 11) is 1.42. The molecule has 0 aromatic carbocycles. The molecule has 0 radical (unpaired) electrons. The monoisotopic (exact) mass is 297 g/mol. The molecule has 1 atom stereocenters. The van der Waals surface area contributed by atoms with E-state index in [9.17, 15) is 4.79 Å². The Labute approximate surface area is 124 Å². The summed E-state index contributed by atoms with van der Waals surface area (Å²) in [4.78, 5) is 20.4. The predicted octanol–water partition coefficient (Wildman–Crippen LogP) is 2.20. The van der Waals surface area contributed by atoms with E-state index in [1.54, 1.807) is 24.2 Å². The number of thioether (sulfide) groups is 1. The van der Waals surface area contributed by atoms with Crippen molar-refractivity contribution in [3.63, 3.8) is 0 Å². The average Bonchev–Trinajstić information content (AvgIpc) is 2.39. The number of hydrogen-bond acceptors (Lipinski definition) is 6. The molecular formula is C14H23N3O2S. The molecule has 1 heterocycles. The fraction of sp³-hybridized carbons (Fsp3) is 0.643. The minimum Gasteiger partial charge on any atom is -0.468 e. The Balaban J connectivity index is 2.58. The summed E-state index contributed by atoms with van der Waals surface area (Å²) in [5.74, 6) is 0.505. The number of carbonyl (C=O) groups excluding carboxylic acids is 1. The Morgan fingerprint density at radius 2 is 2.05 bits per heavy atom. The van der Waals surface area contributed by atoms with Gasteiger partial charge in [0.05, 0.1) is 7.11 Å². The van der Waals surface area contributed by atoms with Gasteiger partial charge < -0.3 is 4.74 Å². The molecule has 0 saturated carbocycles. The molecule has 112 valence electrons. The molecule has 0 aliphatic rings. The van der Waals surface area contributed by atoms with Gasteiger partial charge in [-0.25, -0.2) is 9.97 Å². The SMILES string of the molecule is COC(=O)C(C)(CCSc1ncc(C)cn1)NC(C)C. The van der Waals surface area contributed by atoms with Gasteiger partial charge in [-0.2, -0.15) is 0 Å². The Morgan fingerprint density at radius 3 is 2.55 bits per heavy atom. The van der Waals surface area contributed by atoms with Gasteiger partial charge in [0.1, 0.15) is 5.54 Å². The van der Waals surface area contributed by atoms with E-state index in [0.29, 0.717) is 6.42 Å². The first-order chi connectivity index (χ1) is 9.37. The first kappa shape index (κ1) is 16.9. The van der Waals surface area contributed by atoms with Gasteiger partial charge in [-0.3, -0.25) is 10.1 Å². The summed E-state index contributed by atoms with van der Waals surface area (Å²) in [6.45, 7) is 7.85. The Kier molecular flexibility index (Phi) is 6.42.